The van der Waals surface area contributed by atoms with Crippen molar-refractivity contribution in [3.05, 3.63) is 35.4 Å². The lowest BCUT2D eigenvalue weighted by Crippen LogP contribution is -2.06. The Morgan fingerprint density at radius 3 is 2.55 bits per heavy atom. The zero-order chi connectivity index (χ0) is 8.27. The van der Waals surface area contributed by atoms with Crippen molar-refractivity contribution < 1.29 is 0 Å². The molecule has 0 aromatic heterocycles. The molecule has 0 unspecified atom stereocenters. The number of benzene rings is 1. The normalized spacial score (nSPS) is 12.1. The molecule has 0 fully saturated rings. The summed E-state index contributed by atoms with van der Waals surface area (Å²) in [5.41, 5.74) is 7.62. The van der Waals surface area contributed by atoms with Crippen molar-refractivity contribution in [2.45, 2.75) is 13.0 Å². The smallest absolute Gasteiger partial charge is 0.0290 e. The summed E-state index contributed by atoms with van der Waals surface area (Å²) in [5, 5.41) is 0. The average molecular weight is 145 g/mol. The molecule has 0 amide bonds. The van der Waals surface area contributed by atoms with E-state index in [4.69, 9.17) is 12.2 Å². The van der Waals surface area contributed by atoms with Crippen molar-refractivity contribution in [2.24, 2.45) is 5.73 Å². The van der Waals surface area contributed by atoms with Gasteiger partial charge in [-0.05, 0) is 18.6 Å². The predicted octanol–water partition coefficient (Wildman–Crippen LogP) is 1.69. The molecule has 0 saturated carbocycles. The predicted molar refractivity (Wildman–Crippen MR) is 47.0 cm³/mol. The van der Waals surface area contributed by atoms with Gasteiger partial charge in [0.15, 0.2) is 0 Å². The van der Waals surface area contributed by atoms with Gasteiger partial charge in [-0.3, -0.25) is 0 Å². The van der Waals surface area contributed by atoms with Gasteiger partial charge in [0.1, 0.15) is 0 Å². The van der Waals surface area contributed by atoms with Crippen LogP contribution < -0.4 is 5.73 Å². The molecule has 0 spiro atoms. The maximum absolute atomic E-state index is 5.69. The highest BCUT2D eigenvalue weighted by Crippen LogP contribution is 2.13. The first-order chi connectivity index (χ1) is 5.25. The fourth-order valence-corrected chi connectivity index (χ4v) is 1.03. The summed E-state index contributed by atoms with van der Waals surface area (Å²) in [7, 11) is 0. The van der Waals surface area contributed by atoms with Crippen molar-refractivity contribution in [3.8, 4) is 12.3 Å². The van der Waals surface area contributed by atoms with E-state index >= 15 is 0 Å². The molecule has 1 aromatic carbocycles. The van der Waals surface area contributed by atoms with Gasteiger partial charge in [0.25, 0.3) is 0 Å². The van der Waals surface area contributed by atoms with Gasteiger partial charge in [-0.15, -0.1) is 6.42 Å². The Hall–Kier alpha value is -1.26. The van der Waals surface area contributed by atoms with E-state index in [-0.39, 0.29) is 6.04 Å². The highest BCUT2D eigenvalue weighted by atomic mass is 14.6. The molecule has 0 aliphatic heterocycles. The molecule has 1 heteroatoms. The summed E-state index contributed by atoms with van der Waals surface area (Å²) in [4.78, 5) is 0. The maximum Gasteiger partial charge on any atom is 0.0290 e. The number of rotatable bonds is 1. The van der Waals surface area contributed by atoms with Crippen LogP contribution in [0.15, 0.2) is 24.3 Å². The van der Waals surface area contributed by atoms with Gasteiger partial charge < -0.3 is 5.73 Å². The monoisotopic (exact) mass is 145 g/mol. The van der Waals surface area contributed by atoms with Crippen LogP contribution in [0.1, 0.15) is 24.1 Å². The van der Waals surface area contributed by atoms with Crippen LogP contribution in [0.4, 0.5) is 0 Å². The second-order valence-electron chi connectivity index (χ2n) is 2.52. The molecule has 0 aliphatic rings. The highest BCUT2D eigenvalue weighted by Gasteiger charge is 2.01. The van der Waals surface area contributed by atoms with Crippen LogP contribution in [0, 0.1) is 12.3 Å². The van der Waals surface area contributed by atoms with Gasteiger partial charge in [0.2, 0.25) is 0 Å². The SMILES string of the molecule is C#Cc1ccccc1[C@@H](C)N. The van der Waals surface area contributed by atoms with Crippen LogP contribution in [0.3, 0.4) is 0 Å². The fraction of sp³-hybridized carbons (Fsp3) is 0.200. The third-order valence-corrected chi connectivity index (χ3v) is 1.61. The van der Waals surface area contributed by atoms with Crippen LogP contribution in [-0.2, 0) is 0 Å². The van der Waals surface area contributed by atoms with E-state index in [0.717, 1.165) is 11.1 Å². The summed E-state index contributed by atoms with van der Waals surface area (Å²) < 4.78 is 0. The molecule has 0 aliphatic carbocycles. The van der Waals surface area contributed by atoms with Crippen molar-refractivity contribution in [2.75, 3.05) is 0 Å². The quantitative estimate of drug-likeness (QED) is 0.598. The molecule has 0 radical (unpaired) electrons. The lowest BCUT2D eigenvalue weighted by molar-refractivity contribution is 0.815. The van der Waals surface area contributed by atoms with Crippen molar-refractivity contribution in [3.63, 3.8) is 0 Å². The van der Waals surface area contributed by atoms with E-state index in [1.54, 1.807) is 0 Å². The van der Waals surface area contributed by atoms with Gasteiger partial charge in [-0.25, -0.2) is 0 Å². The fourth-order valence-electron chi connectivity index (χ4n) is 1.03. The minimum atomic E-state index is 0.0160. The molecule has 1 nitrogen and oxygen atoms in total. The standard InChI is InChI=1S/C10H11N/c1-3-9-6-4-5-7-10(9)8(2)11/h1,4-8H,11H2,2H3/t8-/m1/s1. The average Bonchev–Trinajstić information content (AvgIpc) is 2.04. The zero-order valence-electron chi connectivity index (χ0n) is 6.54. The molecule has 0 heterocycles. The Balaban J connectivity index is 3.15. The molecule has 1 rings (SSSR count). The first kappa shape index (κ1) is 7.84. The van der Waals surface area contributed by atoms with Crippen LogP contribution in [0.2, 0.25) is 0 Å². The molecule has 1 atom stereocenters. The highest BCUT2D eigenvalue weighted by molar-refractivity contribution is 5.41. The largest absolute Gasteiger partial charge is 0.324 e. The van der Waals surface area contributed by atoms with Gasteiger partial charge >= 0.3 is 0 Å². The zero-order valence-corrected chi connectivity index (χ0v) is 6.54. The lowest BCUT2D eigenvalue weighted by atomic mass is 10.0. The second-order valence-corrected chi connectivity index (χ2v) is 2.52. The van der Waals surface area contributed by atoms with E-state index in [9.17, 15) is 0 Å². The molecule has 2 N–H and O–H groups in total. The molecule has 1 aromatic rings. The number of hydrogen-bond donors (Lipinski definition) is 1. The number of hydrogen-bond acceptors (Lipinski definition) is 1. The van der Waals surface area contributed by atoms with Crippen LogP contribution in [-0.4, -0.2) is 0 Å². The summed E-state index contributed by atoms with van der Waals surface area (Å²) in [6.07, 6.45) is 5.28. The molecular weight excluding hydrogens is 134 g/mol. The van der Waals surface area contributed by atoms with Gasteiger partial charge in [-0.2, -0.15) is 0 Å². The topological polar surface area (TPSA) is 26.0 Å². The number of terminal acetylenes is 1. The summed E-state index contributed by atoms with van der Waals surface area (Å²) in [6, 6.07) is 7.74. The Morgan fingerprint density at radius 2 is 2.09 bits per heavy atom. The molecule has 56 valence electrons. The van der Waals surface area contributed by atoms with Crippen molar-refractivity contribution in [1.82, 2.24) is 0 Å². The van der Waals surface area contributed by atoms with Gasteiger partial charge in [0.05, 0.1) is 0 Å². The molecule has 11 heavy (non-hydrogen) atoms. The second kappa shape index (κ2) is 3.23. The minimum absolute atomic E-state index is 0.0160. The van der Waals surface area contributed by atoms with Gasteiger partial charge in [0, 0.05) is 11.6 Å². The maximum atomic E-state index is 5.69. The van der Waals surface area contributed by atoms with E-state index in [2.05, 4.69) is 5.92 Å². The Labute approximate surface area is 67.2 Å². The van der Waals surface area contributed by atoms with E-state index in [1.807, 2.05) is 31.2 Å². The van der Waals surface area contributed by atoms with Crippen LogP contribution in [0.5, 0.6) is 0 Å². The Kier molecular flexibility index (Phi) is 2.30. The van der Waals surface area contributed by atoms with Crippen molar-refractivity contribution in [1.29, 1.82) is 0 Å². The summed E-state index contributed by atoms with van der Waals surface area (Å²) >= 11 is 0. The first-order valence-electron chi connectivity index (χ1n) is 3.57. The van der Waals surface area contributed by atoms with Gasteiger partial charge in [-0.1, -0.05) is 24.1 Å². The minimum Gasteiger partial charge on any atom is -0.324 e. The van der Waals surface area contributed by atoms with Crippen LogP contribution in [0.25, 0.3) is 0 Å². The molecule has 0 bridgehead atoms. The Bertz CT molecular complexity index is 281. The number of nitrogens with two attached hydrogens (primary N) is 1. The molecule has 0 saturated heterocycles. The summed E-state index contributed by atoms with van der Waals surface area (Å²) in [5.74, 6) is 2.60. The third-order valence-electron chi connectivity index (χ3n) is 1.61. The molecular formula is C10H11N. The van der Waals surface area contributed by atoms with Crippen molar-refractivity contribution >= 4 is 0 Å². The van der Waals surface area contributed by atoms with E-state index in [1.165, 1.54) is 0 Å². The van der Waals surface area contributed by atoms with E-state index in [0.29, 0.717) is 0 Å². The Morgan fingerprint density at radius 1 is 1.45 bits per heavy atom. The first-order valence-corrected chi connectivity index (χ1v) is 3.57. The van der Waals surface area contributed by atoms with Crippen LogP contribution >= 0.6 is 0 Å². The third kappa shape index (κ3) is 1.60. The van der Waals surface area contributed by atoms with E-state index < -0.39 is 0 Å². The lowest BCUT2D eigenvalue weighted by Gasteiger charge is -2.06. The summed E-state index contributed by atoms with van der Waals surface area (Å²) in [6.45, 7) is 1.93.